The topological polar surface area (TPSA) is 137 Å². The van der Waals surface area contributed by atoms with Crippen molar-refractivity contribution in [1.29, 1.82) is 0 Å². The molecule has 2 aromatic carbocycles. The molecule has 0 saturated carbocycles. The van der Waals surface area contributed by atoms with Gasteiger partial charge >= 0.3 is 5.97 Å². The van der Waals surface area contributed by atoms with E-state index >= 15 is 0 Å². The number of esters is 1. The van der Waals surface area contributed by atoms with Crippen molar-refractivity contribution in [3.8, 4) is 23.6 Å². The summed E-state index contributed by atoms with van der Waals surface area (Å²) in [6, 6.07) is 14.1. The molecule has 0 bridgehead atoms. The number of rotatable bonds is 9. The number of sulfone groups is 1. The van der Waals surface area contributed by atoms with Gasteiger partial charge in [0.15, 0.2) is 19.8 Å². The molecule has 0 saturated heterocycles. The average Bonchev–Trinajstić information content (AvgIpc) is 3.48. The molecule has 0 atom stereocenters. The van der Waals surface area contributed by atoms with Gasteiger partial charge in [0.25, 0.3) is 5.91 Å². The first-order valence-corrected chi connectivity index (χ1v) is 15.0. The van der Waals surface area contributed by atoms with E-state index < -0.39 is 39.1 Å². The van der Waals surface area contributed by atoms with Crippen LogP contribution in [0.15, 0.2) is 58.9 Å². The molecule has 2 amide bonds. The number of anilines is 1. The lowest BCUT2D eigenvalue weighted by atomic mass is 10.2. The molecular formula is C26H22N4O6S3. The van der Waals surface area contributed by atoms with Gasteiger partial charge in [0.05, 0.1) is 34.6 Å². The first-order valence-electron chi connectivity index (χ1n) is 11.5. The number of amides is 2. The third-order valence-corrected chi connectivity index (χ3v) is 8.37. The highest BCUT2D eigenvalue weighted by Gasteiger charge is 2.22. The largest absolute Gasteiger partial charge is 0.462 e. The predicted molar refractivity (Wildman–Crippen MR) is 150 cm³/mol. The van der Waals surface area contributed by atoms with Crippen LogP contribution in [0.3, 0.4) is 0 Å². The van der Waals surface area contributed by atoms with Crippen molar-refractivity contribution in [2.45, 2.75) is 13.5 Å². The summed E-state index contributed by atoms with van der Waals surface area (Å²) in [5, 5.41) is 4.45. The Kier molecular flexibility index (Phi) is 8.70. The van der Waals surface area contributed by atoms with Gasteiger partial charge in [-0.05, 0) is 25.1 Å². The highest BCUT2D eigenvalue weighted by atomic mass is 32.2. The van der Waals surface area contributed by atoms with Crippen LogP contribution in [0.4, 0.5) is 5.13 Å². The number of benzene rings is 2. The fourth-order valence-electron chi connectivity index (χ4n) is 3.55. The Morgan fingerprint density at radius 1 is 1.15 bits per heavy atom. The van der Waals surface area contributed by atoms with Crippen molar-refractivity contribution >= 4 is 65.6 Å². The molecule has 0 spiro atoms. The van der Waals surface area contributed by atoms with Crippen molar-refractivity contribution < 1.29 is 27.5 Å². The summed E-state index contributed by atoms with van der Waals surface area (Å²) in [5.41, 5.74) is 2.44. The number of fused-ring (bicyclic) bond motifs is 1. The zero-order valence-corrected chi connectivity index (χ0v) is 23.1. The van der Waals surface area contributed by atoms with Crippen LogP contribution in [-0.2, 0) is 30.7 Å². The van der Waals surface area contributed by atoms with Gasteiger partial charge in [-0.3, -0.25) is 9.59 Å². The van der Waals surface area contributed by atoms with E-state index in [1.54, 1.807) is 35.1 Å². The number of thiazole rings is 2. The van der Waals surface area contributed by atoms with Crippen molar-refractivity contribution in [2.24, 2.45) is 4.99 Å². The van der Waals surface area contributed by atoms with E-state index in [1.807, 2.05) is 30.3 Å². The number of hydrogen-bond donors (Lipinski definition) is 1. The molecular weight excluding hydrogens is 561 g/mol. The third-order valence-electron chi connectivity index (χ3n) is 5.18. The van der Waals surface area contributed by atoms with Crippen LogP contribution in [0.25, 0.3) is 21.5 Å². The highest BCUT2D eigenvalue weighted by molar-refractivity contribution is 7.92. The maximum Gasteiger partial charge on any atom is 0.338 e. The summed E-state index contributed by atoms with van der Waals surface area (Å²) in [5.74, 6) is -1.66. The first kappa shape index (κ1) is 27.9. The summed E-state index contributed by atoms with van der Waals surface area (Å²) in [6.07, 6.45) is 5.47. The molecule has 10 nitrogen and oxygen atoms in total. The SMILES string of the molecule is C#CCn1c(=NC(=O)CS(=O)(=O)CC(=O)Nc2nc(-c3ccccc3)cs2)sc2cc(C(=O)OCC)ccc21. The minimum Gasteiger partial charge on any atom is -0.462 e. The summed E-state index contributed by atoms with van der Waals surface area (Å²) >= 11 is 2.23. The molecule has 2 aromatic heterocycles. The Morgan fingerprint density at radius 2 is 1.92 bits per heavy atom. The Balaban J connectivity index is 1.47. The van der Waals surface area contributed by atoms with Crippen molar-refractivity contribution in [3.05, 3.63) is 64.3 Å². The maximum absolute atomic E-state index is 12.6. The summed E-state index contributed by atoms with van der Waals surface area (Å²) < 4.78 is 32.4. The molecule has 4 aromatic rings. The van der Waals surface area contributed by atoms with Crippen LogP contribution in [0, 0.1) is 12.3 Å². The molecule has 0 fully saturated rings. The van der Waals surface area contributed by atoms with E-state index in [-0.39, 0.29) is 23.1 Å². The van der Waals surface area contributed by atoms with Crippen molar-refractivity contribution in [1.82, 2.24) is 9.55 Å². The Labute approximate surface area is 231 Å². The van der Waals surface area contributed by atoms with Crippen LogP contribution >= 0.6 is 22.7 Å². The molecule has 0 unspecified atom stereocenters. The summed E-state index contributed by atoms with van der Waals surface area (Å²) in [7, 11) is -4.13. The number of terminal acetylenes is 1. The number of nitrogens with one attached hydrogen (secondary N) is 1. The third kappa shape index (κ3) is 7.05. The van der Waals surface area contributed by atoms with Crippen LogP contribution in [0.1, 0.15) is 17.3 Å². The van der Waals surface area contributed by atoms with Crippen LogP contribution < -0.4 is 10.1 Å². The molecule has 0 aliphatic carbocycles. The normalized spacial score (nSPS) is 11.7. The quantitative estimate of drug-likeness (QED) is 0.237. The Hall–Kier alpha value is -4.12. The minimum atomic E-state index is -4.13. The first-order chi connectivity index (χ1) is 18.7. The van der Waals surface area contributed by atoms with Crippen LogP contribution in [0.2, 0.25) is 0 Å². The number of carbonyl (C=O) groups is 3. The fraction of sp³-hybridized carbons (Fsp3) is 0.192. The second kappa shape index (κ2) is 12.2. The zero-order chi connectivity index (χ0) is 28.0. The smallest absolute Gasteiger partial charge is 0.338 e. The average molecular weight is 583 g/mol. The van der Waals surface area contributed by atoms with E-state index in [0.29, 0.717) is 21.5 Å². The summed E-state index contributed by atoms with van der Waals surface area (Å²) in [4.78, 5) is 45.5. The number of nitrogens with zero attached hydrogens (tertiary/aromatic N) is 3. The van der Waals surface area contributed by atoms with Gasteiger partial charge in [-0.2, -0.15) is 4.99 Å². The van der Waals surface area contributed by atoms with Gasteiger partial charge in [0.1, 0.15) is 11.5 Å². The lowest BCUT2D eigenvalue weighted by Gasteiger charge is -2.03. The molecule has 39 heavy (non-hydrogen) atoms. The van der Waals surface area contributed by atoms with Crippen molar-refractivity contribution in [3.63, 3.8) is 0 Å². The molecule has 200 valence electrons. The fourth-order valence-corrected chi connectivity index (χ4v) is 6.39. The standard InChI is InChI=1S/C26H22N4O6S3/c1-3-12-30-20-11-10-18(24(33)36-4-2)13-21(20)38-26(30)29-23(32)16-39(34,35)15-22(31)28-25-27-19(14-37-25)17-8-6-5-7-9-17/h1,5-11,13-14H,4,12,15-16H2,2H3,(H,27,28,31). The highest BCUT2D eigenvalue weighted by Crippen LogP contribution is 2.24. The predicted octanol–water partition coefficient (Wildman–Crippen LogP) is 3.12. The number of aromatic nitrogens is 2. The summed E-state index contributed by atoms with van der Waals surface area (Å²) in [6.45, 7) is 1.99. The molecule has 0 radical (unpaired) electrons. The van der Waals surface area contributed by atoms with Gasteiger partial charge < -0.3 is 14.6 Å². The zero-order valence-electron chi connectivity index (χ0n) is 20.6. The molecule has 4 rings (SSSR count). The van der Waals surface area contributed by atoms with E-state index in [1.165, 1.54) is 0 Å². The lowest BCUT2D eigenvalue weighted by Crippen LogP contribution is -2.28. The Morgan fingerprint density at radius 3 is 2.64 bits per heavy atom. The maximum atomic E-state index is 12.6. The van der Waals surface area contributed by atoms with Gasteiger partial charge in [0, 0.05) is 10.9 Å². The van der Waals surface area contributed by atoms with Crippen molar-refractivity contribution in [2.75, 3.05) is 23.4 Å². The van der Waals surface area contributed by atoms with Crippen LogP contribution in [0.5, 0.6) is 0 Å². The van der Waals surface area contributed by atoms with Gasteiger partial charge in [-0.15, -0.1) is 17.8 Å². The second-order valence-electron chi connectivity index (χ2n) is 8.07. The Bertz CT molecular complexity index is 1760. The van der Waals surface area contributed by atoms with E-state index in [4.69, 9.17) is 11.2 Å². The van der Waals surface area contributed by atoms with E-state index in [2.05, 4.69) is 21.2 Å². The van der Waals surface area contributed by atoms with E-state index in [0.717, 1.165) is 28.2 Å². The number of ether oxygens (including phenoxy) is 1. The molecule has 2 heterocycles. The molecule has 0 aliphatic heterocycles. The molecule has 1 N–H and O–H groups in total. The van der Waals surface area contributed by atoms with E-state index in [9.17, 15) is 22.8 Å². The monoisotopic (exact) mass is 582 g/mol. The molecule has 13 heteroatoms. The minimum absolute atomic E-state index is 0.0683. The van der Waals surface area contributed by atoms with Gasteiger partial charge in [-0.1, -0.05) is 47.6 Å². The van der Waals surface area contributed by atoms with Gasteiger partial charge in [-0.25, -0.2) is 18.2 Å². The number of carbonyl (C=O) groups excluding carboxylic acids is 3. The van der Waals surface area contributed by atoms with Crippen LogP contribution in [-0.4, -0.2) is 53.9 Å². The second-order valence-corrected chi connectivity index (χ2v) is 12.0. The van der Waals surface area contributed by atoms with Gasteiger partial charge in [0.2, 0.25) is 5.91 Å². The number of hydrogen-bond acceptors (Lipinski definition) is 9. The molecule has 0 aliphatic rings. The lowest BCUT2D eigenvalue weighted by molar-refractivity contribution is -0.115.